The van der Waals surface area contributed by atoms with Crippen LogP contribution in [0.25, 0.3) is 0 Å². The second-order valence-electron chi connectivity index (χ2n) is 4.25. The van der Waals surface area contributed by atoms with Gasteiger partial charge in [0, 0.05) is 23.0 Å². The first-order valence-corrected chi connectivity index (χ1v) is 7.52. The molecule has 1 amide bonds. The number of nitrogens with one attached hydrogen (secondary N) is 1. The van der Waals surface area contributed by atoms with Gasteiger partial charge in [0.2, 0.25) is 5.91 Å². The predicted molar refractivity (Wildman–Crippen MR) is 83.8 cm³/mol. The number of benzene rings is 1. The van der Waals surface area contributed by atoms with Crippen molar-refractivity contribution >= 4 is 34.5 Å². The normalized spacial score (nSPS) is 10.1. The lowest BCUT2D eigenvalue weighted by Gasteiger charge is -2.07. The van der Waals surface area contributed by atoms with Gasteiger partial charge in [-0.15, -0.1) is 0 Å². The van der Waals surface area contributed by atoms with Crippen LogP contribution in [0.2, 0.25) is 0 Å². The van der Waals surface area contributed by atoms with Crippen LogP contribution in [0.3, 0.4) is 0 Å². The summed E-state index contributed by atoms with van der Waals surface area (Å²) < 4.78 is 6.66. The van der Waals surface area contributed by atoms with Crippen LogP contribution in [0.1, 0.15) is 25.7 Å². The fraction of sp³-hybridized carbons (Fsp3) is 0.429. The molecule has 0 heterocycles. The molecule has 0 saturated carbocycles. The molecule has 0 aliphatic carbocycles. The van der Waals surface area contributed by atoms with Gasteiger partial charge < -0.3 is 15.2 Å². The van der Waals surface area contributed by atoms with Crippen molar-refractivity contribution in [3.05, 3.63) is 27.8 Å². The Morgan fingerprint density at radius 2 is 1.85 bits per heavy atom. The first kappa shape index (κ1) is 16.7. The zero-order valence-electron chi connectivity index (χ0n) is 11.1. The molecule has 0 aromatic heterocycles. The Morgan fingerprint density at radius 1 is 1.15 bits per heavy atom. The van der Waals surface area contributed by atoms with Crippen LogP contribution in [-0.2, 0) is 9.59 Å². The van der Waals surface area contributed by atoms with Crippen molar-refractivity contribution in [2.45, 2.75) is 25.7 Å². The Hall–Kier alpha value is -1.31. The number of hydrogen-bond donors (Lipinski definition) is 2. The summed E-state index contributed by atoms with van der Waals surface area (Å²) in [5, 5.41) is 11.1. The van der Waals surface area contributed by atoms with Crippen molar-refractivity contribution in [2.24, 2.45) is 0 Å². The number of ether oxygens (including phenoxy) is 1. The molecule has 0 aliphatic heterocycles. The molecule has 0 fully saturated rings. The zero-order valence-corrected chi connectivity index (χ0v) is 13.3. The summed E-state index contributed by atoms with van der Waals surface area (Å²) in [6.45, 7) is 0.895. The summed E-state index contributed by atoms with van der Waals surface area (Å²) in [6.07, 6.45) is 1.56. The van der Waals surface area contributed by atoms with Crippen LogP contribution >= 0.6 is 22.6 Å². The molecule has 1 aromatic rings. The fourth-order valence-corrected chi connectivity index (χ4v) is 1.87. The second-order valence-corrected chi connectivity index (χ2v) is 5.50. The average molecular weight is 391 g/mol. The van der Waals surface area contributed by atoms with Crippen LogP contribution in [0.15, 0.2) is 24.3 Å². The van der Waals surface area contributed by atoms with E-state index >= 15 is 0 Å². The Labute approximate surface area is 131 Å². The van der Waals surface area contributed by atoms with Gasteiger partial charge in [-0.3, -0.25) is 9.59 Å². The van der Waals surface area contributed by atoms with Gasteiger partial charge in [-0.05, 0) is 59.7 Å². The van der Waals surface area contributed by atoms with Gasteiger partial charge in [0.15, 0.2) is 0 Å². The summed E-state index contributed by atoms with van der Waals surface area (Å²) in [5.41, 5.74) is 0. The summed E-state index contributed by atoms with van der Waals surface area (Å²) in [4.78, 5) is 21.7. The van der Waals surface area contributed by atoms with Gasteiger partial charge in [0.1, 0.15) is 5.75 Å². The van der Waals surface area contributed by atoms with Crippen molar-refractivity contribution in [2.75, 3.05) is 13.2 Å². The Balaban J connectivity index is 2.04. The highest BCUT2D eigenvalue weighted by Gasteiger charge is 2.02. The van der Waals surface area contributed by atoms with Gasteiger partial charge >= 0.3 is 5.97 Å². The molecule has 0 radical (unpaired) electrons. The smallest absolute Gasteiger partial charge is 0.303 e. The maximum Gasteiger partial charge on any atom is 0.303 e. The van der Waals surface area contributed by atoms with E-state index in [0.717, 1.165) is 9.32 Å². The SMILES string of the molecule is O=C(O)CCCNC(=O)CCCOc1ccc(I)cc1. The Bertz CT molecular complexity index is 433. The number of rotatable bonds is 9. The van der Waals surface area contributed by atoms with Crippen molar-refractivity contribution in [3.8, 4) is 5.75 Å². The maximum absolute atomic E-state index is 11.4. The number of hydrogen-bond acceptors (Lipinski definition) is 3. The lowest BCUT2D eigenvalue weighted by Crippen LogP contribution is -2.25. The third-order valence-corrected chi connectivity index (χ3v) is 3.24. The molecule has 0 saturated heterocycles. The van der Waals surface area contributed by atoms with E-state index in [-0.39, 0.29) is 12.3 Å². The van der Waals surface area contributed by atoms with Gasteiger partial charge in [-0.1, -0.05) is 0 Å². The van der Waals surface area contributed by atoms with Gasteiger partial charge in [-0.25, -0.2) is 0 Å². The molecule has 0 bridgehead atoms. The average Bonchev–Trinajstić information content (AvgIpc) is 2.41. The molecule has 5 nitrogen and oxygen atoms in total. The maximum atomic E-state index is 11.4. The molecule has 2 N–H and O–H groups in total. The highest BCUT2D eigenvalue weighted by Crippen LogP contribution is 2.13. The molecule has 0 aliphatic rings. The van der Waals surface area contributed by atoms with E-state index < -0.39 is 5.97 Å². The van der Waals surface area contributed by atoms with Crippen molar-refractivity contribution in [1.82, 2.24) is 5.32 Å². The first-order valence-electron chi connectivity index (χ1n) is 6.45. The highest BCUT2D eigenvalue weighted by molar-refractivity contribution is 14.1. The minimum atomic E-state index is -0.842. The number of carboxylic acid groups (broad SMARTS) is 1. The fourth-order valence-electron chi connectivity index (χ4n) is 1.51. The standard InChI is InChI=1S/C14H18INO4/c15-11-5-7-12(8-6-11)20-10-2-3-13(17)16-9-1-4-14(18)19/h5-8H,1-4,9-10H2,(H,16,17)(H,18,19). The lowest BCUT2D eigenvalue weighted by atomic mass is 10.3. The minimum Gasteiger partial charge on any atom is -0.494 e. The van der Waals surface area contributed by atoms with E-state index in [1.54, 1.807) is 0 Å². The summed E-state index contributed by atoms with van der Waals surface area (Å²) in [6, 6.07) is 7.72. The van der Waals surface area contributed by atoms with Crippen molar-refractivity contribution in [1.29, 1.82) is 0 Å². The number of carbonyl (C=O) groups is 2. The number of carbonyl (C=O) groups excluding carboxylic acids is 1. The van der Waals surface area contributed by atoms with Crippen LogP contribution < -0.4 is 10.1 Å². The summed E-state index contributed by atoms with van der Waals surface area (Å²) in [7, 11) is 0. The predicted octanol–water partition coefficient (Wildman–Crippen LogP) is 2.43. The quantitative estimate of drug-likeness (QED) is 0.501. The van der Waals surface area contributed by atoms with Crippen LogP contribution in [0, 0.1) is 3.57 Å². The molecular weight excluding hydrogens is 373 g/mol. The molecular formula is C14H18INO4. The molecule has 0 unspecified atom stereocenters. The Morgan fingerprint density at radius 3 is 2.50 bits per heavy atom. The second kappa shape index (κ2) is 9.57. The number of aliphatic carboxylic acids is 1. The van der Waals surface area contributed by atoms with E-state index in [9.17, 15) is 9.59 Å². The molecule has 0 atom stereocenters. The summed E-state index contributed by atoms with van der Waals surface area (Å²) >= 11 is 2.22. The third kappa shape index (κ3) is 7.98. The zero-order chi connectivity index (χ0) is 14.8. The summed E-state index contributed by atoms with van der Waals surface area (Å²) in [5.74, 6) is -0.112. The van der Waals surface area contributed by atoms with E-state index in [2.05, 4.69) is 27.9 Å². The van der Waals surface area contributed by atoms with Crippen molar-refractivity contribution in [3.63, 3.8) is 0 Å². The van der Waals surface area contributed by atoms with Crippen LogP contribution in [0.4, 0.5) is 0 Å². The Kier molecular flexibility index (Phi) is 8.01. The topological polar surface area (TPSA) is 75.6 Å². The highest BCUT2D eigenvalue weighted by atomic mass is 127. The van der Waals surface area contributed by atoms with E-state index in [1.165, 1.54) is 0 Å². The first-order chi connectivity index (χ1) is 9.58. The molecule has 6 heteroatoms. The number of halogens is 1. The molecule has 1 rings (SSSR count). The van der Waals surface area contributed by atoms with E-state index in [0.29, 0.717) is 32.4 Å². The number of carboxylic acids is 1. The molecule has 0 spiro atoms. The molecule has 1 aromatic carbocycles. The lowest BCUT2D eigenvalue weighted by molar-refractivity contribution is -0.137. The third-order valence-electron chi connectivity index (χ3n) is 2.52. The van der Waals surface area contributed by atoms with Gasteiger partial charge in [0.05, 0.1) is 6.61 Å². The van der Waals surface area contributed by atoms with Crippen LogP contribution in [0.5, 0.6) is 5.75 Å². The van der Waals surface area contributed by atoms with Crippen LogP contribution in [-0.4, -0.2) is 30.1 Å². The minimum absolute atomic E-state index is 0.0680. The van der Waals surface area contributed by atoms with Gasteiger partial charge in [-0.2, -0.15) is 0 Å². The van der Waals surface area contributed by atoms with Gasteiger partial charge in [0.25, 0.3) is 0 Å². The molecule has 110 valence electrons. The monoisotopic (exact) mass is 391 g/mol. The molecule has 20 heavy (non-hydrogen) atoms. The largest absolute Gasteiger partial charge is 0.494 e. The van der Waals surface area contributed by atoms with E-state index in [1.807, 2.05) is 24.3 Å². The van der Waals surface area contributed by atoms with Crippen molar-refractivity contribution < 1.29 is 19.4 Å². The van der Waals surface area contributed by atoms with E-state index in [4.69, 9.17) is 9.84 Å². The number of amides is 1.